The fourth-order valence-corrected chi connectivity index (χ4v) is 1.49. The van der Waals surface area contributed by atoms with Crippen molar-refractivity contribution in [1.29, 1.82) is 0 Å². The molecule has 2 nitrogen and oxygen atoms in total. The Hall–Kier alpha value is -1.18. The van der Waals surface area contributed by atoms with Crippen molar-refractivity contribution in [3.8, 4) is 11.5 Å². The van der Waals surface area contributed by atoms with Gasteiger partial charge in [0.25, 0.3) is 0 Å². The summed E-state index contributed by atoms with van der Waals surface area (Å²) in [6.45, 7) is 2.05. The summed E-state index contributed by atoms with van der Waals surface area (Å²) in [6, 6.07) is 5.32. The Morgan fingerprint density at radius 2 is 2.33 bits per heavy atom. The second-order valence-corrected chi connectivity index (χ2v) is 3.26. The average molecular weight is 164 g/mol. The van der Waals surface area contributed by atoms with E-state index in [0.717, 1.165) is 18.6 Å². The summed E-state index contributed by atoms with van der Waals surface area (Å²) < 4.78 is 5.55. The van der Waals surface area contributed by atoms with Gasteiger partial charge in [0.05, 0.1) is 6.10 Å². The van der Waals surface area contributed by atoms with Crippen molar-refractivity contribution in [2.45, 2.75) is 25.9 Å². The second-order valence-electron chi connectivity index (χ2n) is 3.26. The van der Waals surface area contributed by atoms with Crippen LogP contribution < -0.4 is 4.74 Å². The Labute approximate surface area is 71.8 Å². The maximum absolute atomic E-state index is 9.19. The van der Waals surface area contributed by atoms with Crippen LogP contribution in [0.25, 0.3) is 0 Å². The van der Waals surface area contributed by atoms with Crippen LogP contribution in [0.5, 0.6) is 11.5 Å². The number of rotatable bonds is 0. The van der Waals surface area contributed by atoms with E-state index < -0.39 is 0 Å². The second kappa shape index (κ2) is 2.70. The number of phenols is 1. The molecule has 0 radical (unpaired) electrons. The Morgan fingerprint density at radius 3 is 3.17 bits per heavy atom. The molecule has 1 aromatic rings. The molecule has 0 aromatic heterocycles. The molecular weight excluding hydrogens is 152 g/mol. The van der Waals surface area contributed by atoms with Crippen LogP contribution in [0.2, 0.25) is 0 Å². The number of aromatic hydroxyl groups is 1. The first kappa shape index (κ1) is 7.47. The van der Waals surface area contributed by atoms with Crippen LogP contribution in [0, 0.1) is 0 Å². The molecule has 1 N–H and O–H groups in total. The van der Waals surface area contributed by atoms with Crippen LogP contribution in [0.3, 0.4) is 0 Å². The molecule has 0 saturated carbocycles. The van der Waals surface area contributed by atoms with Crippen molar-refractivity contribution in [3.05, 3.63) is 23.8 Å². The zero-order valence-corrected chi connectivity index (χ0v) is 7.08. The van der Waals surface area contributed by atoms with Gasteiger partial charge in [-0.25, -0.2) is 0 Å². The molecule has 0 spiro atoms. The van der Waals surface area contributed by atoms with E-state index in [2.05, 4.69) is 0 Å². The van der Waals surface area contributed by atoms with Crippen LogP contribution >= 0.6 is 0 Å². The topological polar surface area (TPSA) is 29.5 Å². The number of ether oxygens (including phenoxy) is 1. The Morgan fingerprint density at radius 1 is 1.50 bits per heavy atom. The molecule has 1 heterocycles. The lowest BCUT2D eigenvalue weighted by molar-refractivity contribution is 0.192. The lowest BCUT2D eigenvalue weighted by Crippen LogP contribution is -2.18. The van der Waals surface area contributed by atoms with Gasteiger partial charge in [0.1, 0.15) is 11.5 Å². The SMILES string of the molecule is CC1CCc2ccc(O)cc2O1. The quantitative estimate of drug-likeness (QED) is 0.636. The zero-order valence-electron chi connectivity index (χ0n) is 7.08. The zero-order chi connectivity index (χ0) is 8.55. The molecule has 1 aliphatic rings. The van der Waals surface area contributed by atoms with Gasteiger partial charge in [-0.1, -0.05) is 6.07 Å². The van der Waals surface area contributed by atoms with E-state index in [9.17, 15) is 5.11 Å². The Balaban J connectivity index is 2.37. The average Bonchev–Trinajstić information content (AvgIpc) is 2.03. The van der Waals surface area contributed by atoms with Crippen molar-refractivity contribution < 1.29 is 9.84 Å². The molecule has 1 aromatic carbocycles. The third-order valence-corrected chi connectivity index (χ3v) is 2.20. The standard InChI is InChI=1S/C10H12O2/c1-7-2-3-8-4-5-9(11)6-10(8)12-7/h4-7,11H,2-3H2,1H3. The predicted molar refractivity (Wildman–Crippen MR) is 46.5 cm³/mol. The third kappa shape index (κ3) is 1.24. The van der Waals surface area contributed by atoms with Crippen molar-refractivity contribution in [2.75, 3.05) is 0 Å². The van der Waals surface area contributed by atoms with Gasteiger partial charge < -0.3 is 9.84 Å². The van der Waals surface area contributed by atoms with Crippen LogP contribution in [0.15, 0.2) is 18.2 Å². The molecule has 0 saturated heterocycles. The first-order chi connectivity index (χ1) is 5.75. The maximum atomic E-state index is 9.19. The molecular formula is C10H12O2. The summed E-state index contributed by atoms with van der Waals surface area (Å²) in [5, 5.41) is 9.19. The highest BCUT2D eigenvalue weighted by Gasteiger charge is 2.15. The van der Waals surface area contributed by atoms with Gasteiger partial charge in [0, 0.05) is 6.07 Å². The van der Waals surface area contributed by atoms with Crippen LogP contribution in [-0.2, 0) is 6.42 Å². The largest absolute Gasteiger partial charge is 0.508 e. The van der Waals surface area contributed by atoms with Crippen molar-refractivity contribution in [3.63, 3.8) is 0 Å². The summed E-state index contributed by atoms with van der Waals surface area (Å²) in [5.41, 5.74) is 1.20. The molecule has 1 atom stereocenters. The molecule has 1 unspecified atom stereocenters. The minimum atomic E-state index is 0.277. The Bertz CT molecular complexity index is 294. The number of phenolic OH excluding ortho intramolecular Hbond substituents is 1. The molecule has 0 bridgehead atoms. The van der Waals surface area contributed by atoms with E-state index in [-0.39, 0.29) is 11.9 Å². The molecule has 0 amide bonds. The molecule has 12 heavy (non-hydrogen) atoms. The van der Waals surface area contributed by atoms with E-state index in [0.29, 0.717) is 0 Å². The molecule has 2 rings (SSSR count). The summed E-state index contributed by atoms with van der Waals surface area (Å²) in [5.74, 6) is 1.12. The van der Waals surface area contributed by atoms with Gasteiger partial charge in [-0.2, -0.15) is 0 Å². The number of aryl methyl sites for hydroxylation is 1. The number of fused-ring (bicyclic) bond motifs is 1. The highest BCUT2D eigenvalue weighted by Crippen LogP contribution is 2.30. The lowest BCUT2D eigenvalue weighted by atomic mass is 10.0. The third-order valence-electron chi connectivity index (χ3n) is 2.20. The van der Waals surface area contributed by atoms with Gasteiger partial charge in [0.15, 0.2) is 0 Å². The minimum absolute atomic E-state index is 0.277. The van der Waals surface area contributed by atoms with E-state index in [4.69, 9.17) is 4.74 Å². The smallest absolute Gasteiger partial charge is 0.126 e. The fourth-order valence-electron chi connectivity index (χ4n) is 1.49. The van der Waals surface area contributed by atoms with Crippen molar-refractivity contribution in [2.24, 2.45) is 0 Å². The van der Waals surface area contributed by atoms with E-state index in [1.54, 1.807) is 12.1 Å². The predicted octanol–water partition coefficient (Wildman–Crippen LogP) is 2.11. The normalized spacial score (nSPS) is 21.2. The Kier molecular flexibility index (Phi) is 1.68. The summed E-state index contributed by atoms with van der Waals surface area (Å²) in [4.78, 5) is 0. The highest BCUT2D eigenvalue weighted by molar-refractivity contribution is 5.41. The molecule has 0 fully saturated rings. The van der Waals surface area contributed by atoms with Crippen LogP contribution in [-0.4, -0.2) is 11.2 Å². The fraction of sp³-hybridized carbons (Fsp3) is 0.400. The van der Waals surface area contributed by atoms with Gasteiger partial charge in [-0.3, -0.25) is 0 Å². The van der Waals surface area contributed by atoms with Gasteiger partial charge in [-0.15, -0.1) is 0 Å². The maximum Gasteiger partial charge on any atom is 0.126 e. The van der Waals surface area contributed by atoms with Gasteiger partial charge in [0.2, 0.25) is 0 Å². The molecule has 2 heteroatoms. The van der Waals surface area contributed by atoms with Gasteiger partial charge in [-0.05, 0) is 31.4 Å². The number of benzene rings is 1. The van der Waals surface area contributed by atoms with E-state index >= 15 is 0 Å². The first-order valence-electron chi connectivity index (χ1n) is 4.24. The minimum Gasteiger partial charge on any atom is -0.508 e. The first-order valence-corrected chi connectivity index (χ1v) is 4.24. The number of hydrogen-bond acceptors (Lipinski definition) is 2. The lowest BCUT2D eigenvalue weighted by Gasteiger charge is -2.22. The molecule has 64 valence electrons. The van der Waals surface area contributed by atoms with E-state index in [1.165, 1.54) is 5.56 Å². The van der Waals surface area contributed by atoms with Crippen LogP contribution in [0.1, 0.15) is 18.9 Å². The van der Waals surface area contributed by atoms with Crippen molar-refractivity contribution >= 4 is 0 Å². The summed E-state index contributed by atoms with van der Waals surface area (Å²) in [7, 11) is 0. The monoisotopic (exact) mass is 164 g/mol. The molecule has 1 aliphatic heterocycles. The van der Waals surface area contributed by atoms with E-state index in [1.807, 2.05) is 13.0 Å². The summed E-state index contributed by atoms with van der Waals surface area (Å²) >= 11 is 0. The molecule has 0 aliphatic carbocycles. The van der Waals surface area contributed by atoms with Crippen LogP contribution in [0.4, 0.5) is 0 Å². The van der Waals surface area contributed by atoms with Crippen molar-refractivity contribution in [1.82, 2.24) is 0 Å². The summed E-state index contributed by atoms with van der Waals surface area (Å²) in [6.07, 6.45) is 2.40. The number of hydrogen-bond donors (Lipinski definition) is 1. The highest BCUT2D eigenvalue weighted by atomic mass is 16.5. The van der Waals surface area contributed by atoms with Gasteiger partial charge >= 0.3 is 0 Å².